The van der Waals surface area contributed by atoms with Crippen molar-refractivity contribution in [3.63, 3.8) is 0 Å². The van der Waals surface area contributed by atoms with Crippen molar-refractivity contribution in [2.24, 2.45) is 5.73 Å². The average molecular weight is 361 g/mol. The minimum absolute atomic E-state index is 0.0618. The topological polar surface area (TPSA) is 93.9 Å². The summed E-state index contributed by atoms with van der Waals surface area (Å²) in [7, 11) is 0. The molecule has 0 bridgehead atoms. The first kappa shape index (κ1) is 18.7. The summed E-state index contributed by atoms with van der Waals surface area (Å²) in [5, 5.41) is 2.86. The Labute approximate surface area is 153 Å². The van der Waals surface area contributed by atoms with Crippen LogP contribution in [0.25, 0.3) is 0 Å². The molecule has 1 aromatic carbocycles. The third-order valence-corrected chi connectivity index (χ3v) is 4.78. The van der Waals surface area contributed by atoms with Crippen molar-refractivity contribution in [3.8, 4) is 5.75 Å². The van der Waals surface area contributed by atoms with Crippen LogP contribution < -0.4 is 20.7 Å². The molecule has 2 atom stereocenters. The van der Waals surface area contributed by atoms with E-state index in [-0.39, 0.29) is 30.5 Å². The number of nitrogens with two attached hydrogens (primary N) is 1. The molecule has 2 heterocycles. The number of hydrogen-bond acceptors (Lipinski definition) is 5. The molecule has 0 spiro atoms. The van der Waals surface area contributed by atoms with Crippen molar-refractivity contribution in [1.29, 1.82) is 0 Å². The second-order valence-corrected chi connectivity index (χ2v) is 7.46. The number of nitrogens with one attached hydrogen (secondary N) is 1. The Morgan fingerprint density at radius 2 is 2.23 bits per heavy atom. The quantitative estimate of drug-likeness (QED) is 0.829. The van der Waals surface area contributed by atoms with Gasteiger partial charge in [0.2, 0.25) is 5.91 Å². The number of rotatable bonds is 5. The molecule has 2 aliphatic rings. The van der Waals surface area contributed by atoms with Crippen LogP contribution in [0.2, 0.25) is 0 Å². The molecular formula is C19H27N3O4. The maximum atomic E-state index is 12.9. The first-order valence-corrected chi connectivity index (χ1v) is 9.07. The highest BCUT2D eigenvalue weighted by molar-refractivity contribution is 6.05. The van der Waals surface area contributed by atoms with Crippen LogP contribution in [0.4, 0.5) is 5.69 Å². The number of benzene rings is 1. The van der Waals surface area contributed by atoms with Gasteiger partial charge >= 0.3 is 0 Å². The zero-order valence-electron chi connectivity index (χ0n) is 15.6. The van der Waals surface area contributed by atoms with E-state index in [1.165, 1.54) is 4.90 Å². The van der Waals surface area contributed by atoms with Gasteiger partial charge in [0.1, 0.15) is 12.3 Å². The van der Waals surface area contributed by atoms with Gasteiger partial charge in [-0.05, 0) is 51.3 Å². The van der Waals surface area contributed by atoms with Crippen molar-refractivity contribution in [2.75, 3.05) is 24.6 Å². The number of carbonyl (C=O) groups excluding carboxylic acids is 2. The lowest BCUT2D eigenvalue weighted by molar-refractivity contribution is -0.134. The second-order valence-electron chi connectivity index (χ2n) is 7.46. The van der Waals surface area contributed by atoms with Gasteiger partial charge < -0.3 is 20.5 Å². The van der Waals surface area contributed by atoms with E-state index in [0.717, 1.165) is 25.0 Å². The van der Waals surface area contributed by atoms with Crippen LogP contribution in [0.15, 0.2) is 18.2 Å². The molecule has 3 N–H and O–H groups in total. The maximum Gasteiger partial charge on any atom is 0.271 e. The van der Waals surface area contributed by atoms with Crippen LogP contribution in [-0.2, 0) is 14.3 Å². The third kappa shape index (κ3) is 3.83. The standard InChI is InChI=1S/C19H27N3O4/c1-12(20)13-6-7-16-15(9-13)22(18(24)19(2,3)26-16)11-17(23)21-10-14-5-4-8-25-14/h6-7,9,12,14H,4-5,8,10-11,20H2,1-3H3,(H,21,23). The highest BCUT2D eigenvalue weighted by atomic mass is 16.5. The van der Waals surface area contributed by atoms with Gasteiger partial charge in [0.25, 0.3) is 5.91 Å². The number of nitrogens with zero attached hydrogens (tertiary/aromatic N) is 1. The SMILES string of the molecule is CC(N)c1ccc2c(c1)N(CC(=O)NCC1CCCO1)C(=O)C(C)(C)O2. The van der Waals surface area contributed by atoms with Crippen LogP contribution in [0.5, 0.6) is 5.75 Å². The van der Waals surface area contributed by atoms with Crippen molar-refractivity contribution in [1.82, 2.24) is 5.32 Å². The Bertz CT molecular complexity index is 696. The molecular weight excluding hydrogens is 334 g/mol. The van der Waals surface area contributed by atoms with Gasteiger partial charge in [-0.15, -0.1) is 0 Å². The van der Waals surface area contributed by atoms with E-state index in [0.29, 0.717) is 18.0 Å². The lowest BCUT2D eigenvalue weighted by atomic mass is 10.0. The van der Waals surface area contributed by atoms with Crippen LogP contribution >= 0.6 is 0 Å². The molecule has 7 heteroatoms. The molecule has 0 radical (unpaired) electrons. The Balaban J connectivity index is 1.78. The zero-order valence-corrected chi connectivity index (χ0v) is 15.6. The van der Waals surface area contributed by atoms with Crippen molar-refractivity contribution < 1.29 is 19.1 Å². The van der Waals surface area contributed by atoms with E-state index >= 15 is 0 Å². The van der Waals surface area contributed by atoms with Crippen molar-refractivity contribution >= 4 is 17.5 Å². The molecule has 26 heavy (non-hydrogen) atoms. The molecule has 2 unspecified atom stereocenters. The Morgan fingerprint density at radius 1 is 1.46 bits per heavy atom. The molecule has 3 rings (SSSR count). The fourth-order valence-electron chi connectivity index (χ4n) is 3.26. The van der Waals surface area contributed by atoms with E-state index in [2.05, 4.69) is 5.32 Å². The number of amides is 2. The van der Waals surface area contributed by atoms with Gasteiger partial charge in [-0.2, -0.15) is 0 Å². The molecule has 0 saturated carbocycles. The summed E-state index contributed by atoms with van der Waals surface area (Å²) in [6.45, 7) is 6.42. The smallest absolute Gasteiger partial charge is 0.271 e. The number of fused-ring (bicyclic) bond motifs is 1. The van der Waals surface area contributed by atoms with E-state index in [1.807, 2.05) is 19.1 Å². The number of ether oxygens (including phenoxy) is 2. The molecule has 2 aliphatic heterocycles. The molecule has 0 aliphatic carbocycles. The molecule has 1 saturated heterocycles. The number of carbonyl (C=O) groups is 2. The van der Waals surface area contributed by atoms with Crippen molar-refractivity contribution in [3.05, 3.63) is 23.8 Å². The lowest BCUT2D eigenvalue weighted by Crippen LogP contribution is -2.55. The molecule has 0 aromatic heterocycles. The summed E-state index contributed by atoms with van der Waals surface area (Å²) < 4.78 is 11.4. The van der Waals surface area contributed by atoms with Gasteiger partial charge in [-0.1, -0.05) is 6.07 Å². The van der Waals surface area contributed by atoms with Gasteiger partial charge in [0.15, 0.2) is 5.60 Å². The van der Waals surface area contributed by atoms with Crippen LogP contribution in [-0.4, -0.2) is 43.2 Å². The molecule has 1 fully saturated rings. The molecule has 1 aromatic rings. The number of anilines is 1. The molecule has 2 amide bonds. The number of hydrogen-bond donors (Lipinski definition) is 2. The Kier molecular flexibility index (Phi) is 5.20. The monoisotopic (exact) mass is 361 g/mol. The Morgan fingerprint density at radius 3 is 2.88 bits per heavy atom. The highest BCUT2D eigenvalue weighted by Crippen LogP contribution is 2.39. The minimum Gasteiger partial charge on any atom is -0.476 e. The van der Waals surface area contributed by atoms with E-state index in [4.69, 9.17) is 15.2 Å². The van der Waals surface area contributed by atoms with E-state index in [1.54, 1.807) is 19.9 Å². The van der Waals surface area contributed by atoms with Crippen LogP contribution in [0.1, 0.15) is 45.2 Å². The van der Waals surface area contributed by atoms with E-state index < -0.39 is 5.60 Å². The average Bonchev–Trinajstić information content (AvgIpc) is 3.10. The molecule has 7 nitrogen and oxygen atoms in total. The highest BCUT2D eigenvalue weighted by Gasteiger charge is 2.41. The van der Waals surface area contributed by atoms with Gasteiger partial charge in [0.05, 0.1) is 11.8 Å². The predicted octanol–water partition coefficient (Wildman–Crippen LogP) is 1.51. The fraction of sp³-hybridized carbons (Fsp3) is 0.579. The summed E-state index contributed by atoms with van der Waals surface area (Å²) in [5.74, 6) is 0.105. The van der Waals surface area contributed by atoms with Crippen molar-refractivity contribution in [2.45, 2.75) is 51.4 Å². The second kappa shape index (κ2) is 7.25. The molecule has 142 valence electrons. The van der Waals surface area contributed by atoms with Gasteiger partial charge in [-0.3, -0.25) is 14.5 Å². The summed E-state index contributed by atoms with van der Waals surface area (Å²) in [6, 6.07) is 5.32. The maximum absolute atomic E-state index is 12.9. The van der Waals surface area contributed by atoms with E-state index in [9.17, 15) is 9.59 Å². The zero-order chi connectivity index (χ0) is 18.9. The normalized spacial score (nSPS) is 22.5. The minimum atomic E-state index is -1.03. The first-order valence-electron chi connectivity index (χ1n) is 9.07. The predicted molar refractivity (Wildman–Crippen MR) is 98.1 cm³/mol. The summed E-state index contributed by atoms with van der Waals surface area (Å²) in [5.41, 5.74) is 6.39. The summed E-state index contributed by atoms with van der Waals surface area (Å²) in [4.78, 5) is 26.8. The van der Waals surface area contributed by atoms with Crippen LogP contribution in [0, 0.1) is 0 Å². The largest absolute Gasteiger partial charge is 0.476 e. The van der Waals surface area contributed by atoms with Gasteiger partial charge in [-0.25, -0.2) is 0 Å². The Hall–Kier alpha value is -2.12. The van der Waals surface area contributed by atoms with Gasteiger partial charge in [0, 0.05) is 19.2 Å². The first-order chi connectivity index (χ1) is 12.3. The third-order valence-electron chi connectivity index (χ3n) is 4.78. The summed E-state index contributed by atoms with van der Waals surface area (Å²) >= 11 is 0. The lowest BCUT2D eigenvalue weighted by Gasteiger charge is -2.38. The summed E-state index contributed by atoms with van der Waals surface area (Å²) in [6.07, 6.45) is 2.03. The fourth-order valence-corrected chi connectivity index (χ4v) is 3.26. The van der Waals surface area contributed by atoms with Crippen LogP contribution in [0.3, 0.4) is 0 Å².